The van der Waals surface area contributed by atoms with Crippen LogP contribution in [0.3, 0.4) is 0 Å². The van der Waals surface area contributed by atoms with Crippen molar-refractivity contribution in [2.45, 2.75) is 12.5 Å². The van der Waals surface area contributed by atoms with Crippen LogP contribution in [0.1, 0.15) is 16.1 Å². The molecule has 1 aromatic heterocycles. The lowest BCUT2D eigenvalue weighted by atomic mass is 10.0. The summed E-state index contributed by atoms with van der Waals surface area (Å²) in [6.45, 7) is 0. The lowest BCUT2D eigenvalue weighted by Gasteiger charge is -2.13. The molecule has 10 heteroatoms. The summed E-state index contributed by atoms with van der Waals surface area (Å²) in [6.07, 6.45) is -9.78. The summed E-state index contributed by atoms with van der Waals surface area (Å²) in [5.74, 6) is -1.65. The molecule has 0 saturated carbocycles. The van der Waals surface area contributed by atoms with Crippen LogP contribution in [-0.2, 0) is 10.9 Å². The third-order valence-electron chi connectivity index (χ3n) is 2.93. The number of aromatic nitrogens is 1. The highest BCUT2D eigenvalue weighted by molar-refractivity contribution is 5.96. The SMILES string of the molecule is COC(=O)c1ccc(C(F)(F)F)nc1-c1cccc(OC(F)(F)F)c1. The van der Waals surface area contributed by atoms with Gasteiger partial charge in [0, 0.05) is 5.56 Å². The zero-order chi connectivity index (χ0) is 18.8. The molecule has 4 nitrogen and oxygen atoms in total. The Kier molecular flexibility index (Phi) is 4.91. The number of alkyl halides is 6. The number of rotatable bonds is 3. The molecule has 134 valence electrons. The Morgan fingerprint density at radius 1 is 1.04 bits per heavy atom. The van der Waals surface area contributed by atoms with Crippen molar-refractivity contribution in [1.29, 1.82) is 0 Å². The molecule has 1 heterocycles. The maximum atomic E-state index is 12.8. The maximum Gasteiger partial charge on any atom is 0.573 e. The van der Waals surface area contributed by atoms with Gasteiger partial charge in [-0.25, -0.2) is 9.78 Å². The van der Waals surface area contributed by atoms with Crippen molar-refractivity contribution in [3.05, 3.63) is 47.7 Å². The van der Waals surface area contributed by atoms with Crippen molar-refractivity contribution in [3.63, 3.8) is 0 Å². The number of esters is 1. The van der Waals surface area contributed by atoms with Gasteiger partial charge in [0.05, 0.1) is 18.4 Å². The molecule has 2 aromatic rings. The number of carbonyl (C=O) groups excluding carboxylic acids is 1. The molecule has 0 aliphatic heterocycles. The minimum absolute atomic E-state index is 0.173. The van der Waals surface area contributed by atoms with E-state index in [1.54, 1.807) is 0 Å². The normalized spacial score (nSPS) is 12.0. The van der Waals surface area contributed by atoms with E-state index in [2.05, 4.69) is 14.5 Å². The second kappa shape index (κ2) is 6.61. The molecule has 0 aliphatic rings. The fourth-order valence-corrected chi connectivity index (χ4v) is 1.95. The number of ether oxygens (including phenoxy) is 2. The molecule has 0 aliphatic carbocycles. The minimum Gasteiger partial charge on any atom is -0.465 e. The molecule has 1 aromatic carbocycles. The lowest BCUT2D eigenvalue weighted by molar-refractivity contribution is -0.274. The third kappa shape index (κ3) is 4.61. The van der Waals surface area contributed by atoms with Crippen molar-refractivity contribution in [2.24, 2.45) is 0 Å². The van der Waals surface area contributed by atoms with Crippen LogP contribution in [0, 0.1) is 0 Å². The van der Waals surface area contributed by atoms with Gasteiger partial charge in [-0.15, -0.1) is 13.2 Å². The Morgan fingerprint density at radius 2 is 1.72 bits per heavy atom. The van der Waals surface area contributed by atoms with Crippen molar-refractivity contribution < 1.29 is 40.6 Å². The van der Waals surface area contributed by atoms with Crippen LogP contribution in [0.15, 0.2) is 36.4 Å². The predicted molar refractivity (Wildman–Crippen MR) is 72.7 cm³/mol. The number of nitrogens with zero attached hydrogens (tertiary/aromatic N) is 1. The molecule has 0 bridgehead atoms. The molecule has 25 heavy (non-hydrogen) atoms. The number of hydrogen-bond acceptors (Lipinski definition) is 4. The van der Waals surface area contributed by atoms with Crippen LogP contribution in [0.4, 0.5) is 26.3 Å². The highest BCUT2D eigenvalue weighted by Crippen LogP contribution is 2.33. The van der Waals surface area contributed by atoms with Gasteiger partial charge in [0.25, 0.3) is 0 Å². The Bertz CT molecular complexity index is 786. The zero-order valence-corrected chi connectivity index (χ0v) is 12.4. The number of benzene rings is 1. The Labute approximate surface area is 137 Å². The molecule has 0 saturated heterocycles. The molecular weight excluding hydrogens is 356 g/mol. The molecule has 0 unspecified atom stereocenters. The average Bonchev–Trinajstić information content (AvgIpc) is 2.51. The molecule has 0 amide bonds. The molecule has 0 N–H and O–H groups in total. The summed E-state index contributed by atoms with van der Waals surface area (Å²) < 4.78 is 83.6. The van der Waals surface area contributed by atoms with Crippen LogP contribution in [-0.4, -0.2) is 24.4 Å². The molecule has 0 spiro atoms. The summed E-state index contributed by atoms with van der Waals surface area (Å²) in [6, 6.07) is 5.52. The Hall–Kier alpha value is -2.78. The number of hydrogen-bond donors (Lipinski definition) is 0. The van der Waals surface area contributed by atoms with Crippen LogP contribution in [0.25, 0.3) is 11.3 Å². The summed E-state index contributed by atoms with van der Waals surface area (Å²) >= 11 is 0. The van der Waals surface area contributed by atoms with Gasteiger partial charge in [0.1, 0.15) is 11.4 Å². The van der Waals surface area contributed by atoms with E-state index < -0.39 is 35.6 Å². The number of halogens is 6. The van der Waals surface area contributed by atoms with E-state index in [-0.39, 0.29) is 11.1 Å². The molecule has 2 rings (SSSR count). The Balaban J connectivity index is 2.59. The maximum absolute atomic E-state index is 12.8. The third-order valence-corrected chi connectivity index (χ3v) is 2.93. The molecule has 0 atom stereocenters. The second-order valence-corrected chi connectivity index (χ2v) is 4.66. The number of methoxy groups -OCH3 is 1. The van der Waals surface area contributed by atoms with Gasteiger partial charge in [0.2, 0.25) is 0 Å². The standard InChI is InChI=1S/C15H9F6NO3/c1-24-13(23)10-5-6-11(14(16,17)18)22-12(10)8-3-2-4-9(7-8)25-15(19,20)21/h2-7H,1H3. The van der Waals surface area contributed by atoms with E-state index in [1.165, 1.54) is 6.07 Å². The van der Waals surface area contributed by atoms with E-state index in [9.17, 15) is 31.1 Å². The van der Waals surface area contributed by atoms with E-state index in [0.717, 1.165) is 31.4 Å². The van der Waals surface area contributed by atoms with Crippen molar-refractivity contribution in [2.75, 3.05) is 7.11 Å². The van der Waals surface area contributed by atoms with E-state index in [4.69, 9.17) is 0 Å². The second-order valence-electron chi connectivity index (χ2n) is 4.66. The summed E-state index contributed by atoms with van der Waals surface area (Å²) in [5.41, 5.74) is -2.29. The number of carbonyl (C=O) groups is 1. The quantitative estimate of drug-likeness (QED) is 0.596. The molecule has 0 radical (unpaired) electrons. The number of pyridine rings is 1. The van der Waals surface area contributed by atoms with Crippen molar-refractivity contribution in [3.8, 4) is 17.0 Å². The van der Waals surface area contributed by atoms with E-state index >= 15 is 0 Å². The highest BCUT2D eigenvalue weighted by Gasteiger charge is 2.34. The molecule has 0 fully saturated rings. The van der Waals surface area contributed by atoms with Crippen molar-refractivity contribution in [1.82, 2.24) is 4.98 Å². The van der Waals surface area contributed by atoms with Gasteiger partial charge in [0.15, 0.2) is 0 Å². The van der Waals surface area contributed by atoms with Crippen LogP contribution in [0.2, 0.25) is 0 Å². The van der Waals surface area contributed by atoms with Gasteiger partial charge in [-0.3, -0.25) is 0 Å². The zero-order valence-electron chi connectivity index (χ0n) is 12.4. The smallest absolute Gasteiger partial charge is 0.465 e. The average molecular weight is 365 g/mol. The highest BCUT2D eigenvalue weighted by atomic mass is 19.4. The van der Waals surface area contributed by atoms with Crippen LogP contribution in [0.5, 0.6) is 5.75 Å². The van der Waals surface area contributed by atoms with E-state index in [0.29, 0.717) is 6.07 Å². The Morgan fingerprint density at radius 3 is 2.28 bits per heavy atom. The topological polar surface area (TPSA) is 48.4 Å². The first-order valence-electron chi connectivity index (χ1n) is 6.54. The van der Waals surface area contributed by atoms with Gasteiger partial charge < -0.3 is 9.47 Å². The predicted octanol–water partition coefficient (Wildman–Crippen LogP) is 4.45. The minimum atomic E-state index is -4.98. The van der Waals surface area contributed by atoms with Crippen LogP contribution < -0.4 is 4.74 Å². The fraction of sp³-hybridized carbons (Fsp3) is 0.200. The largest absolute Gasteiger partial charge is 0.573 e. The fourth-order valence-electron chi connectivity index (χ4n) is 1.95. The van der Waals surface area contributed by atoms with Gasteiger partial charge in [-0.2, -0.15) is 13.2 Å². The monoisotopic (exact) mass is 365 g/mol. The van der Waals surface area contributed by atoms with E-state index in [1.807, 2.05) is 0 Å². The lowest BCUT2D eigenvalue weighted by Crippen LogP contribution is -2.17. The summed E-state index contributed by atoms with van der Waals surface area (Å²) in [4.78, 5) is 15.1. The first-order chi connectivity index (χ1) is 11.5. The van der Waals surface area contributed by atoms with Crippen LogP contribution >= 0.6 is 0 Å². The van der Waals surface area contributed by atoms with Gasteiger partial charge >= 0.3 is 18.5 Å². The first kappa shape index (κ1) is 18.6. The molecular formula is C15H9F6NO3. The first-order valence-corrected chi connectivity index (χ1v) is 6.54. The summed E-state index contributed by atoms with van der Waals surface area (Å²) in [7, 11) is 1.01. The van der Waals surface area contributed by atoms with Gasteiger partial charge in [-0.05, 0) is 24.3 Å². The van der Waals surface area contributed by atoms with Gasteiger partial charge in [-0.1, -0.05) is 12.1 Å². The summed E-state index contributed by atoms with van der Waals surface area (Å²) in [5, 5.41) is 0. The van der Waals surface area contributed by atoms with Crippen molar-refractivity contribution >= 4 is 5.97 Å².